The number of ether oxygens (including phenoxy) is 1. The maximum Gasteiger partial charge on any atom is 0.335 e. The van der Waals surface area contributed by atoms with E-state index in [9.17, 15) is 19.6 Å². The van der Waals surface area contributed by atoms with Crippen molar-refractivity contribution in [1.82, 2.24) is 4.90 Å². The van der Waals surface area contributed by atoms with Gasteiger partial charge in [-0.2, -0.15) is 5.26 Å². The van der Waals surface area contributed by atoms with Gasteiger partial charge < -0.3 is 4.74 Å². The number of esters is 1. The number of carbonyl (C=O) groups excluding carboxylic acids is 3. The third kappa shape index (κ3) is 3.45. The minimum absolute atomic E-state index is 0.0830. The molecule has 30 heavy (non-hydrogen) atoms. The largest absolute Gasteiger partial charge is 0.424 e. The zero-order chi connectivity index (χ0) is 21.1. The molecule has 6 heteroatoms. The van der Waals surface area contributed by atoms with E-state index < -0.39 is 23.8 Å². The monoisotopic (exact) mass is 396 g/mol. The molecule has 0 N–H and O–H groups in total. The van der Waals surface area contributed by atoms with E-state index in [0.29, 0.717) is 0 Å². The molecule has 146 valence electrons. The van der Waals surface area contributed by atoms with Crippen molar-refractivity contribution in [2.24, 2.45) is 0 Å². The van der Waals surface area contributed by atoms with Gasteiger partial charge >= 0.3 is 5.97 Å². The van der Waals surface area contributed by atoms with Gasteiger partial charge in [0, 0.05) is 6.42 Å². The van der Waals surface area contributed by atoms with Gasteiger partial charge in [0.25, 0.3) is 11.8 Å². The molecule has 0 saturated carbocycles. The number of hydrogen-bond donors (Lipinski definition) is 0. The smallest absolute Gasteiger partial charge is 0.335 e. The lowest BCUT2D eigenvalue weighted by Crippen LogP contribution is -2.48. The van der Waals surface area contributed by atoms with Crippen molar-refractivity contribution in [2.75, 3.05) is 0 Å². The van der Waals surface area contributed by atoms with E-state index in [4.69, 9.17) is 4.74 Å². The van der Waals surface area contributed by atoms with Crippen LogP contribution in [0.4, 0.5) is 0 Å². The number of imide groups is 1. The summed E-state index contributed by atoms with van der Waals surface area (Å²) in [5, 5.41) is 9.26. The molecule has 6 nitrogen and oxygen atoms in total. The topological polar surface area (TPSA) is 87.5 Å². The summed E-state index contributed by atoms with van der Waals surface area (Å²) < 4.78 is 5.47. The fourth-order valence-corrected chi connectivity index (χ4v) is 3.43. The molecule has 0 bridgehead atoms. The van der Waals surface area contributed by atoms with Gasteiger partial charge in [-0.15, -0.1) is 0 Å². The van der Waals surface area contributed by atoms with Crippen LogP contribution in [0, 0.1) is 11.3 Å². The molecular formula is C24H16N2O4. The zero-order valence-corrected chi connectivity index (χ0v) is 15.8. The van der Waals surface area contributed by atoms with Crippen molar-refractivity contribution in [1.29, 1.82) is 5.26 Å². The molecule has 4 rings (SSSR count). The van der Waals surface area contributed by atoms with Crippen LogP contribution in [0.3, 0.4) is 0 Å². The normalized spacial score (nSPS) is 13.5. The molecule has 0 unspecified atom stereocenters. The fourth-order valence-electron chi connectivity index (χ4n) is 3.43. The van der Waals surface area contributed by atoms with Crippen molar-refractivity contribution >= 4 is 17.8 Å². The van der Waals surface area contributed by atoms with Gasteiger partial charge in [0.2, 0.25) is 0 Å². The Balaban J connectivity index is 1.70. The SMILES string of the molecule is N#Cc1ccccc1OC(=O)[C@H](Cc1ccccc1)N1C(=O)c2ccccc2C1=O. The Morgan fingerprint density at radius 1 is 0.867 bits per heavy atom. The van der Waals surface area contributed by atoms with Crippen molar-refractivity contribution in [3.8, 4) is 11.8 Å². The summed E-state index contributed by atoms with van der Waals surface area (Å²) in [6, 6.07) is 22.6. The lowest BCUT2D eigenvalue weighted by molar-refractivity contribution is -0.138. The molecular weight excluding hydrogens is 380 g/mol. The molecule has 3 aromatic rings. The lowest BCUT2D eigenvalue weighted by Gasteiger charge is -2.24. The van der Waals surface area contributed by atoms with Crippen LogP contribution < -0.4 is 4.74 Å². The van der Waals surface area contributed by atoms with Crippen molar-refractivity contribution in [3.05, 3.63) is 101 Å². The number of carbonyl (C=O) groups is 3. The summed E-state index contributed by atoms with van der Waals surface area (Å²) in [5.41, 5.74) is 1.47. The van der Waals surface area contributed by atoms with E-state index in [1.54, 1.807) is 36.4 Å². The second-order valence-electron chi connectivity index (χ2n) is 6.76. The number of nitriles is 1. The van der Waals surface area contributed by atoms with Crippen LogP contribution in [0.1, 0.15) is 31.8 Å². The number of rotatable bonds is 5. The molecule has 0 aromatic heterocycles. The van der Waals surface area contributed by atoms with E-state index in [1.165, 1.54) is 12.1 Å². The van der Waals surface area contributed by atoms with Crippen molar-refractivity contribution in [2.45, 2.75) is 12.5 Å². The predicted molar refractivity (Wildman–Crippen MR) is 108 cm³/mol. The number of amides is 2. The van der Waals surface area contributed by atoms with Gasteiger partial charge in [-0.1, -0.05) is 54.6 Å². The van der Waals surface area contributed by atoms with Crippen LogP contribution in [0.5, 0.6) is 5.75 Å². The molecule has 2 amide bonds. The highest BCUT2D eigenvalue weighted by atomic mass is 16.5. The van der Waals surface area contributed by atoms with E-state index in [1.807, 2.05) is 36.4 Å². The molecule has 0 fully saturated rings. The molecule has 0 aliphatic carbocycles. The predicted octanol–water partition coefficient (Wildman–Crippen LogP) is 3.37. The molecule has 1 heterocycles. The van der Waals surface area contributed by atoms with E-state index >= 15 is 0 Å². The Labute approximate surface area is 172 Å². The summed E-state index contributed by atoms with van der Waals surface area (Å²) in [5.74, 6) is -1.78. The Morgan fingerprint density at radius 3 is 2.07 bits per heavy atom. The van der Waals surface area contributed by atoms with Gasteiger partial charge in [0.05, 0.1) is 16.7 Å². The summed E-state index contributed by atoms with van der Waals surface area (Å²) in [6.45, 7) is 0. The van der Waals surface area contributed by atoms with Gasteiger partial charge in [0.15, 0.2) is 0 Å². The van der Waals surface area contributed by atoms with Crippen LogP contribution in [0.2, 0.25) is 0 Å². The minimum atomic E-state index is -1.17. The Kier molecular flexibility index (Phi) is 5.10. The van der Waals surface area contributed by atoms with E-state index in [2.05, 4.69) is 0 Å². The average molecular weight is 396 g/mol. The van der Waals surface area contributed by atoms with Crippen LogP contribution in [-0.4, -0.2) is 28.7 Å². The van der Waals surface area contributed by atoms with E-state index in [0.717, 1.165) is 10.5 Å². The minimum Gasteiger partial charge on any atom is -0.424 e. The first-order valence-electron chi connectivity index (χ1n) is 9.32. The number of benzene rings is 3. The summed E-state index contributed by atoms with van der Waals surface area (Å²) >= 11 is 0. The quantitative estimate of drug-likeness (QED) is 0.375. The molecule has 3 aromatic carbocycles. The van der Waals surface area contributed by atoms with Crippen LogP contribution >= 0.6 is 0 Å². The number of para-hydroxylation sites is 1. The Hall–Kier alpha value is -4.24. The fraction of sp³-hybridized carbons (Fsp3) is 0.0833. The highest BCUT2D eigenvalue weighted by Crippen LogP contribution is 2.27. The first-order chi connectivity index (χ1) is 14.6. The Bertz CT molecular complexity index is 1150. The van der Waals surface area contributed by atoms with Crippen LogP contribution in [0.15, 0.2) is 78.9 Å². The van der Waals surface area contributed by atoms with Crippen molar-refractivity contribution in [3.63, 3.8) is 0 Å². The first-order valence-corrected chi connectivity index (χ1v) is 9.32. The molecule has 1 atom stereocenters. The van der Waals surface area contributed by atoms with E-state index in [-0.39, 0.29) is 28.9 Å². The maximum atomic E-state index is 13.1. The third-order valence-electron chi connectivity index (χ3n) is 4.90. The van der Waals surface area contributed by atoms with Crippen molar-refractivity contribution < 1.29 is 19.1 Å². The lowest BCUT2D eigenvalue weighted by atomic mass is 10.0. The summed E-state index contributed by atoms with van der Waals surface area (Å²) in [4.78, 5) is 40.0. The second kappa shape index (κ2) is 8.02. The van der Waals surface area contributed by atoms with Crippen LogP contribution in [-0.2, 0) is 11.2 Å². The average Bonchev–Trinajstić information content (AvgIpc) is 3.03. The van der Waals surface area contributed by atoms with Gasteiger partial charge in [-0.3, -0.25) is 14.5 Å². The summed E-state index contributed by atoms with van der Waals surface area (Å²) in [6.07, 6.45) is 0.0971. The molecule has 0 spiro atoms. The molecule has 1 aliphatic heterocycles. The number of nitrogens with zero attached hydrogens (tertiary/aromatic N) is 2. The summed E-state index contributed by atoms with van der Waals surface area (Å²) in [7, 11) is 0. The van der Waals surface area contributed by atoms with Gasteiger partial charge in [-0.25, -0.2) is 4.79 Å². The highest BCUT2D eigenvalue weighted by molar-refractivity contribution is 6.22. The number of hydrogen-bond acceptors (Lipinski definition) is 5. The first kappa shape index (κ1) is 19.1. The standard InChI is InChI=1S/C24H16N2O4/c25-15-17-10-4-7-13-21(17)30-24(29)20(14-16-8-2-1-3-9-16)26-22(27)18-11-5-6-12-19(18)23(26)28/h1-13,20H,14H2/t20-/m0/s1. The van der Waals surface area contributed by atoms with Crippen LogP contribution in [0.25, 0.3) is 0 Å². The zero-order valence-electron chi connectivity index (χ0n) is 15.8. The van der Waals surface area contributed by atoms with Gasteiger partial charge in [0.1, 0.15) is 17.9 Å². The molecule has 1 aliphatic rings. The van der Waals surface area contributed by atoms with Gasteiger partial charge in [-0.05, 0) is 29.8 Å². The second-order valence-corrected chi connectivity index (χ2v) is 6.76. The molecule has 0 radical (unpaired) electrons. The maximum absolute atomic E-state index is 13.1. The number of fused-ring (bicyclic) bond motifs is 1. The highest BCUT2D eigenvalue weighted by Gasteiger charge is 2.43. The molecule has 0 saturated heterocycles. The third-order valence-corrected chi connectivity index (χ3v) is 4.90. The Morgan fingerprint density at radius 2 is 1.43 bits per heavy atom.